The quantitative estimate of drug-likeness (QED) is 0.835. The molecule has 0 spiro atoms. The van der Waals surface area contributed by atoms with Gasteiger partial charge in [0.15, 0.2) is 0 Å². The second-order valence-corrected chi connectivity index (χ2v) is 5.27. The van der Waals surface area contributed by atoms with E-state index in [1.807, 2.05) is 0 Å². The molecule has 0 bridgehead atoms. The number of thiophene rings is 1. The molecule has 74 valence electrons. The largest absolute Gasteiger partial charge is 0.411 e. The Morgan fingerprint density at radius 3 is 2.23 bits per heavy atom. The van der Waals surface area contributed by atoms with Crippen LogP contribution in [0.25, 0.3) is 0 Å². The fourth-order valence-corrected chi connectivity index (χ4v) is 2.20. The van der Waals surface area contributed by atoms with Crippen LogP contribution >= 0.6 is 27.3 Å². The van der Waals surface area contributed by atoms with E-state index in [9.17, 15) is 13.2 Å². The van der Waals surface area contributed by atoms with Crippen molar-refractivity contribution in [2.45, 2.75) is 18.6 Å². The highest BCUT2D eigenvalue weighted by Gasteiger charge is 2.50. The van der Waals surface area contributed by atoms with Gasteiger partial charge in [0, 0.05) is 4.88 Å². The Balaban J connectivity index is 3.07. The van der Waals surface area contributed by atoms with Gasteiger partial charge < -0.3 is 5.73 Å². The molecule has 1 nitrogen and oxygen atoms in total. The third-order valence-electron chi connectivity index (χ3n) is 1.67. The molecule has 6 heteroatoms. The summed E-state index contributed by atoms with van der Waals surface area (Å²) >= 11 is 4.08. The van der Waals surface area contributed by atoms with E-state index < -0.39 is 11.7 Å². The maximum absolute atomic E-state index is 12.4. The molecule has 1 heterocycles. The average molecular weight is 274 g/mol. The molecule has 0 aliphatic rings. The summed E-state index contributed by atoms with van der Waals surface area (Å²) in [6, 6.07) is 2.93. The molecular formula is C7H7BrF3NS. The first-order chi connectivity index (χ1) is 5.75. The lowest BCUT2D eigenvalue weighted by atomic mass is 10.0. The summed E-state index contributed by atoms with van der Waals surface area (Å²) in [5.41, 5.74) is 2.93. The van der Waals surface area contributed by atoms with Crippen LogP contribution in [0.2, 0.25) is 0 Å². The number of nitrogens with two attached hydrogens (primary N) is 1. The van der Waals surface area contributed by atoms with E-state index in [1.54, 1.807) is 6.07 Å². The standard InChI is InChI=1S/C7H7BrF3NS/c1-6(12,7(9,10)11)4-2-3-5(8)13-4/h2-3H,12H2,1H3. The van der Waals surface area contributed by atoms with Gasteiger partial charge in [0.2, 0.25) is 0 Å². The van der Waals surface area contributed by atoms with Gasteiger partial charge in [-0.1, -0.05) is 0 Å². The summed E-state index contributed by atoms with van der Waals surface area (Å²) in [5, 5.41) is 0. The Morgan fingerprint density at radius 1 is 1.38 bits per heavy atom. The van der Waals surface area contributed by atoms with Gasteiger partial charge in [-0.2, -0.15) is 13.2 Å². The summed E-state index contributed by atoms with van der Waals surface area (Å²) in [7, 11) is 0. The minimum absolute atomic E-state index is 0.104. The molecule has 1 aromatic heterocycles. The smallest absolute Gasteiger partial charge is 0.313 e. The Morgan fingerprint density at radius 2 is 1.92 bits per heavy atom. The van der Waals surface area contributed by atoms with Crippen LogP contribution in [0.3, 0.4) is 0 Å². The summed E-state index contributed by atoms with van der Waals surface area (Å²) in [4.78, 5) is 0.104. The van der Waals surface area contributed by atoms with Crippen molar-refractivity contribution in [3.8, 4) is 0 Å². The fraction of sp³-hybridized carbons (Fsp3) is 0.429. The molecule has 1 aromatic rings. The highest BCUT2D eigenvalue weighted by Crippen LogP contribution is 2.40. The van der Waals surface area contributed by atoms with Crippen LogP contribution < -0.4 is 5.73 Å². The van der Waals surface area contributed by atoms with Crippen molar-refractivity contribution >= 4 is 27.3 Å². The molecule has 0 saturated carbocycles. The third-order valence-corrected chi connectivity index (χ3v) is 3.53. The molecule has 1 unspecified atom stereocenters. The Labute approximate surface area is 85.9 Å². The van der Waals surface area contributed by atoms with Gasteiger partial charge in [-0.15, -0.1) is 11.3 Å². The summed E-state index contributed by atoms with van der Waals surface area (Å²) in [5.74, 6) is 0. The first kappa shape index (κ1) is 11.0. The monoisotopic (exact) mass is 273 g/mol. The molecule has 13 heavy (non-hydrogen) atoms. The Kier molecular flexibility index (Phi) is 2.75. The van der Waals surface area contributed by atoms with Gasteiger partial charge in [0.25, 0.3) is 0 Å². The van der Waals surface area contributed by atoms with Crippen LogP contribution in [-0.2, 0) is 5.54 Å². The number of hydrogen-bond donors (Lipinski definition) is 1. The van der Waals surface area contributed by atoms with Crippen molar-refractivity contribution in [1.82, 2.24) is 0 Å². The zero-order chi connectivity index (χ0) is 10.3. The van der Waals surface area contributed by atoms with Gasteiger partial charge in [0.05, 0.1) is 3.79 Å². The van der Waals surface area contributed by atoms with Crippen molar-refractivity contribution in [1.29, 1.82) is 0 Å². The van der Waals surface area contributed by atoms with E-state index in [-0.39, 0.29) is 4.88 Å². The first-order valence-corrected chi connectivity index (χ1v) is 4.97. The molecule has 0 amide bonds. The summed E-state index contributed by atoms with van der Waals surface area (Å²) in [6.07, 6.45) is -4.42. The minimum atomic E-state index is -4.42. The molecule has 0 aromatic carbocycles. The number of hydrogen-bond acceptors (Lipinski definition) is 2. The predicted molar refractivity (Wildman–Crippen MR) is 49.6 cm³/mol. The van der Waals surface area contributed by atoms with Crippen molar-refractivity contribution in [3.63, 3.8) is 0 Å². The number of alkyl halides is 3. The second-order valence-electron chi connectivity index (χ2n) is 2.80. The molecule has 0 aliphatic heterocycles. The van der Waals surface area contributed by atoms with Crippen molar-refractivity contribution in [3.05, 3.63) is 20.8 Å². The SMILES string of the molecule is CC(N)(c1ccc(Br)s1)C(F)(F)F. The fourth-order valence-electron chi connectivity index (χ4n) is 0.733. The van der Waals surface area contributed by atoms with Crippen LogP contribution in [0.15, 0.2) is 15.9 Å². The van der Waals surface area contributed by atoms with Crippen LogP contribution in [0.5, 0.6) is 0 Å². The van der Waals surface area contributed by atoms with Crippen LogP contribution in [0, 0.1) is 0 Å². The zero-order valence-electron chi connectivity index (χ0n) is 6.65. The lowest BCUT2D eigenvalue weighted by molar-refractivity contribution is -0.183. The summed E-state index contributed by atoms with van der Waals surface area (Å²) in [6.45, 7) is 0.964. The predicted octanol–water partition coefficient (Wildman–Crippen LogP) is 3.25. The van der Waals surface area contributed by atoms with E-state index >= 15 is 0 Å². The van der Waals surface area contributed by atoms with Gasteiger partial charge in [-0.05, 0) is 35.0 Å². The molecule has 1 atom stereocenters. The topological polar surface area (TPSA) is 26.0 Å². The van der Waals surface area contributed by atoms with Crippen molar-refractivity contribution < 1.29 is 13.2 Å². The minimum Gasteiger partial charge on any atom is -0.313 e. The Bertz CT molecular complexity index is 305. The van der Waals surface area contributed by atoms with E-state index in [2.05, 4.69) is 15.9 Å². The average Bonchev–Trinajstić information content (AvgIpc) is 2.33. The molecule has 0 saturated heterocycles. The second kappa shape index (κ2) is 3.25. The first-order valence-electron chi connectivity index (χ1n) is 3.36. The van der Waals surface area contributed by atoms with Gasteiger partial charge in [-0.3, -0.25) is 0 Å². The van der Waals surface area contributed by atoms with Gasteiger partial charge in [0.1, 0.15) is 5.54 Å². The van der Waals surface area contributed by atoms with E-state index in [0.717, 1.165) is 18.3 Å². The van der Waals surface area contributed by atoms with E-state index in [1.165, 1.54) is 6.07 Å². The van der Waals surface area contributed by atoms with E-state index in [0.29, 0.717) is 3.79 Å². The van der Waals surface area contributed by atoms with E-state index in [4.69, 9.17) is 5.73 Å². The van der Waals surface area contributed by atoms with Gasteiger partial charge >= 0.3 is 6.18 Å². The molecule has 1 rings (SSSR count). The molecule has 0 fully saturated rings. The zero-order valence-corrected chi connectivity index (χ0v) is 9.05. The number of halogens is 4. The van der Waals surface area contributed by atoms with Crippen LogP contribution in [0.4, 0.5) is 13.2 Å². The maximum atomic E-state index is 12.4. The van der Waals surface area contributed by atoms with Gasteiger partial charge in [-0.25, -0.2) is 0 Å². The third kappa shape index (κ3) is 2.05. The normalized spacial score (nSPS) is 17.1. The van der Waals surface area contributed by atoms with Crippen molar-refractivity contribution in [2.24, 2.45) is 5.73 Å². The number of rotatable bonds is 1. The molecule has 0 radical (unpaired) electrons. The molecular weight excluding hydrogens is 267 g/mol. The van der Waals surface area contributed by atoms with Crippen molar-refractivity contribution in [2.75, 3.05) is 0 Å². The highest BCUT2D eigenvalue weighted by molar-refractivity contribution is 9.11. The molecule has 2 N–H and O–H groups in total. The maximum Gasteiger partial charge on any atom is 0.411 e. The summed E-state index contributed by atoms with van der Waals surface area (Å²) < 4.78 is 37.8. The Hall–Kier alpha value is -0.0700. The lowest BCUT2D eigenvalue weighted by Gasteiger charge is -2.26. The van der Waals surface area contributed by atoms with Crippen LogP contribution in [0.1, 0.15) is 11.8 Å². The van der Waals surface area contributed by atoms with Crippen LogP contribution in [-0.4, -0.2) is 6.18 Å². The lowest BCUT2D eigenvalue weighted by Crippen LogP contribution is -2.46. The highest BCUT2D eigenvalue weighted by atomic mass is 79.9. The molecule has 0 aliphatic carbocycles.